The molecule has 0 amide bonds. The summed E-state index contributed by atoms with van der Waals surface area (Å²) < 4.78 is 5.82. The van der Waals surface area contributed by atoms with Gasteiger partial charge < -0.3 is 10.5 Å². The summed E-state index contributed by atoms with van der Waals surface area (Å²) >= 11 is 1.63. The third-order valence-corrected chi connectivity index (χ3v) is 4.69. The molecule has 1 atom stereocenters. The van der Waals surface area contributed by atoms with Crippen molar-refractivity contribution in [1.82, 2.24) is 0 Å². The molecule has 0 saturated carbocycles. The van der Waals surface area contributed by atoms with Crippen LogP contribution in [0.2, 0.25) is 0 Å². The minimum Gasteiger partial charge on any atom is -0.489 e. The molecule has 2 aromatic carbocycles. The molecule has 0 bridgehead atoms. The van der Waals surface area contributed by atoms with E-state index in [0.29, 0.717) is 11.8 Å². The molecule has 0 radical (unpaired) electrons. The molecule has 3 nitrogen and oxygen atoms in total. The fourth-order valence-corrected chi connectivity index (χ4v) is 3.55. The summed E-state index contributed by atoms with van der Waals surface area (Å²) in [5, 5.41) is 0.680. The Bertz CT molecular complexity index is 672. The van der Waals surface area contributed by atoms with Crippen LogP contribution >= 0.6 is 11.8 Å². The lowest BCUT2D eigenvalue weighted by atomic mass is 9.89. The number of rotatable bonds is 4. The molecule has 2 aromatic rings. The van der Waals surface area contributed by atoms with E-state index in [1.165, 1.54) is 5.56 Å². The van der Waals surface area contributed by atoms with Crippen molar-refractivity contribution in [2.75, 3.05) is 5.75 Å². The number of amidine groups is 1. The van der Waals surface area contributed by atoms with Crippen LogP contribution in [-0.4, -0.2) is 10.9 Å². The Morgan fingerprint density at radius 2 is 2.00 bits per heavy atom. The summed E-state index contributed by atoms with van der Waals surface area (Å²) in [6.45, 7) is 2.71. The zero-order valence-electron chi connectivity index (χ0n) is 12.7. The van der Waals surface area contributed by atoms with Crippen molar-refractivity contribution in [1.29, 1.82) is 0 Å². The molecule has 3 rings (SSSR count). The summed E-state index contributed by atoms with van der Waals surface area (Å²) in [4.78, 5) is 4.66. The van der Waals surface area contributed by atoms with Crippen LogP contribution in [0.3, 0.4) is 0 Å². The minimum absolute atomic E-state index is 0.224. The van der Waals surface area contributed by atoms with Gasteiger partial charge in [-0.15, -0.1) is 0 Å². The van der Waals surface area contributed by atoms with Crippen LogP contribution in [0.1, 0.15) is 24.5 Å². The summed E-state index contributed by atoms with van der Waals surface area (Å²) in [7, 11) is 0. The van der Waals surface area contributed by atoms with Crippen LogP contribution in [0.25, 0.3) is 0 Å². The molecular weight excluding hydrogens is 292 g/mol. The van der Waals surface area contributed by atoms with Crippen LogP contribution in [-0.2, 0) is 12.1 Å². The van der Waals surface area contributed by atoms with Gasteiger partial charge in [-0.2, -0.15) is 0 Å². The maximum Gasteiger partial charge on any atom is 0.154 e. The molecule has 4 heteroatoms. The third-order valence-electron chi connectivity index (χ3n) is 3.89. The molecule has 0 aromatic heterocycles. The van der Waals surface area contributed by atoms with Crippen molar-refractivity contribution in [3.8, 4) is 5.75 Å². The lowest BCUT2D eigenvalue weighted by Gasteiger charge is -2.30. The van der Waals surface area contributed by atoms with E-state index in [-0.39, 0.29) is 5.54 Å². The molecule has 1 aliphatic heterocycles. The quantitative estimate of drug-likeness (QED) is 0.930. The van der Waals surface area contributed by atoms with E-state index >= 15 is 0 Å². The van der Waals surface area contributed by atoms with E-state index in [2.05, 4.69) is 36.2 Å². The number of para-hydroxylation sites is 1. The average molecular weight is 312 g/mol. The van der Waals surface area contributed by atoms with Gasteiger partial charge in [-0.1, -0.05) is 48.2 Å². The van der Waals surface area contributed by atoms with Crippen molar-refractivity contribution < 1.29 is 4.74 Å². The smallest absolute Gasteiger partial charge is 0.154 e. The third kappa shape index (κ3) is 3.45. The summed E-state index contributed by atoms with van der Waals surface area (Å²) in [6, 6.07) is 18.3. The molecule has 2 N–H and O–H groups in total. The molecule has 22 heavy (non-hydrogen) atoms. The van der Waals surface area contributed by atoms with Crippen molar-refractivity contribution in [3.63, 3.8) is 0 Å². The van der Waals surface area contributed by atoms with Gasteiger partial charge in [0.15, 0.2) is 5.17 Å². The van der Waals surface area contributed by atoms with Gasteiger partial charge in [0.05, 0.1) is 5.54 Å². The predicted octanol–water partition coefficient (Wildman–Crippen LogP) is 3.93. The largest absolute Gasteiger partial charge is 0.489 e. The predicted molar refractivity (Wildman–Crippen MR) is 93.3 cm³/mol. The van der Waals surface area contributed by atoms with Crippen molar-refractivity contribution in [3.05, 3.63) is 65.7 Å². The Hall–Kier alpha value is -1.94. The molecule has 0 aliphatic carbocycles. The lowest BCUT2D eigenvalue weighted by molar-refractivity contribution is 0.306. The number of ether oxygens (including phenoxy) is 1. The molecular formula is C18H20N2OS. The van der Waals surface area contributed by atoms with Crippen LogP contribution < -0.4 is 10.5 Å². The molecule has 114 valence electrons. The maximum atomic E-state index is 5.91. The van der Waals surface area contributed by atoms with Gasteiger partial charge in [0, 0.05) is 5.75 Å². The molecule has 1 unspecified atom stereocenters. The topological polar surface area (TPSA) is 47.6 Å². The van der Waals surface area contributed by atoms with E-state index in [4.69, 9.17) is 10.5 Å². The van der Waals surface area contributed by atoms with Gasteiger partial charge in [0.25, 0.3) is 0 Å². The standard InChI is InChI=1S/C18H20N2OS/c1-18(10-11-22-17(19)20-18)15-7-5-6-14(12-15)13-21-16-8-3-2-4-9-16/h2-9,12H,10-11,13H2,1H3,(H2,19,20). The monoisotopic (exact) mass is 312 g/mol. The Kier molecular flexibility index (Phi) is 4.39. The second-order valence-corrected chi connectivity index (χ2v) is 6.74. The first-order valence-corrected chi connectivity index (χ1v) is 8.40. The SMILES string of the molecule is CC1(c2cccc(COc3ccccc3)c2)CCSC(N)=N1. The highest BCUT2D eigenvalue weighted by Gasteiger charge is 2.29. The first-order valence-electron chi connectivity index (χ1n) is 7.41. The second-order valence-electron chi connectivity index (χ2n) is 5.62. The van der Waals surface area contributed by atoms with Crippen molar-refractivity contribution in [2.24, 2.45) is 10.7 Å². The Labute approximate surface area is 135 Å². The Morgan fingerprint density at radius 3 is 2.77 bits per heavy atom. The van der Waals surface area contributed by atoms with E-state index in [1.807, 2.05) is 30.3 Å². The molecule has 0 saturated heterocycles. The highest BCUT2D eigenvalue weighted by Crippen LogP contribution is 2.35. The zero-order valence-corrected chi connectivity index (χ0v) is 13.5. The zero-order chi connectivity index (χ0) is 15.4. The number of benzene rings is 2. The normalized spacial score (nSPS) is 21.2. The number of hydrogen-bond acceptors (Lipinski definition) is 4. The van der Waals surface area contributed by atoms with E-state index in [0.717, 1.165) is 23.5 Å². The van der Waals surface area contributed by atoms with Gasteiger partial charge in [0.2, 0.25) is 0 Å². The first-order chi connectivity index (χ1) is 10.7. The molecule has 1 heterocycles. The van der Waals surface area contributed by atoms with E-state index < -0.39 is 0 Å². The van der Waals surface area contributed by atoms with E-state index in [1.54, 1.807) is 11.8 Å². The number of hydrogen-bond donors (Lipinski definition) is 1. The fourth-order valence-electron chi connectivity index (χ4n) is 2.57. The number of aliphatic imine (C=N–C) groups is 1. The summed E-state index contributed by atoms with van der Waals surface area (Å²) in [5.74, 6) is 1.90. The summed E-state index contributed by atoms with van der Waals surface area (Å²) in [6.07, 6.45) is 1.00. The Morgan fingerprint density at radius 1 is 1.18 bits per heavy atom. The number of nitrogens with zero attached hydrogens (tertiary/aromatic N) is 1. The highest BCUT2D eigenvalue weighted by atomic mass is 32.2. The second kappa shape index (κ2) is 6.44. The van der Waals surface area contributed by atoms with Crippen LogP contribution in [0.15, 0.2) is 59.6 Å². The van der Waals surface area contributed by atoms with Crippen LogP contribution in [0.5, 0.6) is 5.75 Å². The highest BCUT2D eigenvalue weighted by molar-refractivity contribution is 8.13. The van der Waals surface area contributed by atoms with Gasteiger partial charge >= 0.3 is 0 Å². The number of nitrogens with two attached hydrogens (primary N) is 1. The molecule has 1 aliphatic rings. The lowest BCUT2D eigenvalue weighted by Crippen LogP contribution is -2.28. The van der Waals surface area contributed by atoms with Gasteiger partial charge in [-0.3, -0.25) is 4.99 Å². The molecule has 0 fully saturated rings. The maximum absolute atomic E-state index is 5.91. The van der Waals surface area contributed by atoms with Crippen molar-refractivity contribution in [2.45, 2.75) is 25.5 Å². The fraction of sp³-hybridized carbons (Fsp3) is 0.278. The summed E-state index contributed by atoms with van der Waals surface area (Å²) in [5.41, 5.74) is 8.03. The average Bonchev–Trinajstić information content (AvgIpc) is 2.54. The van der Waals surface area contributed by atoms with Gasteiger partial charge in [0.1, 0.15) is 12.4 Å². The van der Waals surface area contributed by atoms with Gasteiger partial charge in [-0.05, 0) is 42.7 Å². The van der Waals surface area contributed by atoms with E-state index in [9.17, 15) is 0 Å². The van der Waals surface area contributed by atoms with Crippen molar-refractivity contribution >= 4 is 16.9 Å². The van der Waals surface area contributed by atoms with Crippen LogP contribution in [0.4, 0.5) is 0 Å². The first kappa shape index (κ1) is 15.0. The minimum atomic E-state index is -0.224. The van der Waals surface area contributed by atoms with Gasteiger partial charge in [-0.25, -0.2) is 0 Å². The molecule has 0 spiro atoms. The Balaban J connectivity index is 1.77. The number of thioether (sulfide) groups is 1. The van der Waals surface area contributed by atoms with Crippen LogP contribution in [0, 0.1) is 0 Å².